The van der Waals surface area contributed by atoms with Crippen LogP contribution in [0.3, 0.4) is 0 Å². The Morgan fingerprint density at radius 1 is 1.11 bits per heavy atom. The second kappa shape index (κ2) is 9.94. The summed E-state index contributed by atoms with van der Waals surface area (Å²) in [6.45, 7) is 3.72. The van der Waals surface area contributed by atoms with Crippen LogP contribution in [0.15, 0.2) is 54.6 Å². The van der Waals surface area contributed by atoms with Crippen molar-refractivity contribution in [3.8, 4) is 5.75 Å². The maximum absolute atomic E-state index is 11.9. The molecule has 3 rings (SSSR count). The molecule has 1 saturated heterocycles. The highest BCUT2D eigenvalue weighted by Crippen LogP contribution is 2.20. The minimum atomic E-state index is -0.734. The third kappa shape index (κ3) is 5.98. The van der Waals surface area contributed by atoms with Gasteiger partial charge in [0, 0.05) is 25.3 Å². The standard InChI is InChI=1S/C21H26N2O4/c24-20(16-22-21(25)10-13-27-19-4-2-1-3-5-19)17-6-8-18(9-7-17)23-11-14-26-15-12-23/h1-9,20,24H,10-16H2,(H,22,25). The number of rotatable bonds is 8. The lowest BCUT2D eigenvalue weighted by molar-refractivity contribution is -0.122. The third-order valence-corrected chi connectivity index (χ3v) is 4.49. The van der Waals surface area contributed by atoms with Gasteiger partial charge in [0.25, 0.3) is 0 Å². The minimum absolute atomic E-state index is 0.144. The highest BCUT2D eigenvalue weighted by molar-refractivity contribution is 5.76. The SMILES string of the molecule is O=C(CCOc1ccccc1)NCC(O)c1ccc(N2CCOCC2)cc1. The third-order valence-electron chi connectivity index (χ3n) is 4.49. The highest BCUT2D eigenvalue weighted by atomic mass is 16.5. The number of benzene rings is 2. The van der Waals surface area contributed by atoms with Crippen molar-refractivity contribution >= 4 is 11.6 Å². The van der Waals surface area contributed by atoms with Crippen molar-refractivity contribution in [3.05, 3.63) is 60.2 Å². The maximum atomic E-state index is 11.9. The van der Waals surface area contributed by atoms with E-state index in [0.29, 0.717) is 6.61 Å². The van der Waals surface area contributed by atoms with Crippen LogP contribution in [0.1, 0.15) is 18.1 Å². The number of aliphatic hydroxyl groups excluding tert-OH is 1. The van der Waals surface area contributed by atoms with Gasteiger partial charge in [0.05, 0.1) is 32.3 Å². The Labute approximate surface area is 159 Å². The molecule has 27 heavy (non-hydrogen) atoms. The van der Waals surface area contributed by atoms with Crippen LogP contribution in [0.2, 0.25) is 0 Å². The number of aliphatic hydroxyl groups is 1. The van der Waals surface area contributed by atoms with Crippen LogP contribution in [-0.2, 0) is 9.53 Å². The van der Waals surface area contributed by atoms with Gasteiger partial charge in [-0.2, -0.15) is 0 Å². The van der Waals surface area contributed by atoms with Crippen LogP contribution < -0.4 is 15.0 Å². The molecule has 0 spiro atoms. The van der Waals surface area contributed by atoms with Gasteiger partial charge < -0.3 is 24.8 Å². The average Bonchev–Trinajstić information content (AvgIpc) is 2.73. The first-order valence-corrected chi connectivity index (χ1v) is 9.27. The molecule has 2 aromatic carbocycles. The summed E-state index contributed by atoms with van der Waals surface area (Å²) in [7, 11) is 0. The predicted molar refractivity (Wildman–Crippen MR) is 104 cm³/mol. The van der Waals surface area contributed by atoms with Crippen molar-refractivity contribution in [2.24, 2.45) is 0 Å². The van der Waals surface area contributed by atoms with E-state index < -0.39 is 6.10 Å². The van der Waals surface area contributed by atoms with Gasteiger partial charge in [-0.1, -0.05) is 30.3 Å². The molecule has 1 atom stereocenters. The lowest BCUT2D eigenvalue weighted by Crippen LogP contribution is -2.36. The number of nitrogens with zero attached hydrogens (tertiary/aromatic N) is 1. The van der Waals surface area contributed by atoms with Gasteiger partial charge in [-0.05, 0) is 29.8 Å². The van der Waals surface area contributed by atoms with Gasteiger partial charge in [0.15, 0.2) is 0 Å². The quantitative estimate of drug-likeness (QED) is 0.745. The Hall–Kier alpha value is -2.57. The normalized spacial score (nSPS) is 15.2. The van der Waals surface area contributed by atoms with Gasteiger partial charge in [-0.3, -0.25) is 4.79 Å². The molecule has 1 aliphatic heterocycles. The Morgan fingerprint density at radius 3 is 2.52 bits per heavy atom. The van der Waals surface area contributed by atoms with Gasteiger partial charge in [-0.15, -0.1) is 0 Å². The van der Waals surface area contributed by atoms with Crippen LogP contribution in [0.25, 0.3) is 0 Å². The van der Waals surface area contributed by atoms with E-state index in [0.717, 1.165) is 43.3 Å². The van der Waals surface area contributed by atoms with E-state index in [1.54, 1.807) is 0 Å². The summed E-state index contributed by atoms with van der Waals surface area (Å²) in [5.41, 5.74) is 1.91. The van der Waals surface area contributed by atoms with Crippen molar-refractivity contribution in [2.75, 3.05) is 44.4 Å². The number of nitrogens with one attached hydrogen (secondary N) is 1. The van der Waals surface area contributed by atoms with E-state index in [4.69, 9.17) is 9.47 Å². The summed E-state index contributed by atoms with van der Waals surface area (Å²) in [6, 6.07) is 17.2. The van der Waals surface area contributed by atoms with Gasteiger partial charge in [0.1, 0.15) is 5.75 Å². The number of morpholine rings is 1. The Balaban J connectivity index is 1.39. The fraction of sp³-hybridized carbons (Fsp3) is 0.381. The zero-order valence-corrected chi connectivity index (χ0v) is 15.3. The first-order chi connectivity index (χ1) is 13.2. The molecular formula is C21H26N2O4. The number of hydrogen-bond donors (Lipinski definition) is 2. The van der Waals surface area contributed by atoms with Crippen molar-refractivity contribution in [1.29, 1.82) is 0 Å². The smallest absolute Gasteiger partial charge is 0.223 e. The second-order valence-electron chi connectivity index (χ2n) is 6.42. The molecule has 1 aliphatic rings. The average molecular weight is 370 g/mol. The van der Waals surface area contributed by atoms with Crippen molar-refractivity contribution in [3.63, 3.8) is 0 Å². The number of amides is 1. The minimum Gasteiger partial charge on any atom is -0.493 e. The molecule has 0 aromatic heterocycles. The van der Waals surface area contributed by atoms with Crippen molar-refractivity contribution in [1.82, 2.24) is 5.32 Å². The molecule has 6 heteroatoms. The van der Waals surface area contributed by atoms with E-state index in [1.165, 1.54) is 0 Å². The first-order valence-electron chi connectivity index (χ1n) is 9.27. The van der Waals surface area contributed by atoms with E-state index in [-0.39, 0.29) is 18.9 Å². The number of carbonyl (C=O) groups excluding carboxylic acids is 1. The predicted octanol–water partition coefficient (Wildman–Crippen LogP) is 2.14. The van der Waals surface area contributed by atoms with Crippen molar-refractivity contribution < 1.29 is 19.4 Å². The molecule has 1 heterocycles. The van der Waals surface area contributed by atoms with Crippen LogP contribution in [-0.4, -0.2) is 50.5 Å². The Morgan fingerprint density at radius 2 is 1.81 bits per heavy atom. The summed E-state index contributed by atoms with van der Waals surface area (Å²) in [6.07, 6.45) is -0.486. The lowest BCUT2D eigenvalue weighted by atomic mass is 10.1. The van der Waals surface area contributed by atoms with Crippen LogP contribution in [0.4, 0.5) is 5.69 Å². The van der Waals surface area contributed by atoms with Gasteiger partial charge in [-0.25, -0.2) is 0 Å². The maximum Gasteiger partial charge on any atom is 0.223 e. The number of para-hydroxylation sites is 1. The largest absolute Gasteiger partial charge is 0.493 e. The summed E-state index contributed by atoms with van der Waals surface area (Å²) in [5.74, 6) is 0.598. The highest BCUT2D eigenvalue weighted by Gasteiger charge is 2.13. The zero-order chi connectivity index (χ0) is 18.9. The zero-order valence-electron chi connectivity index (χ0n) is 15.3. The second-order valence-corrected chi connectivity index (χ2v) is 6.42. The van der Waals surface area contributed by atoms with Crippen LogP contribution in [0.5, 0.6) is 5.75 Å². The molecule has 144 valence electrons. The first kappa shape index (κ1) is 19.2. The van der Waals surface area contributed by atoms with Gasteiger partial charge >= 0.3 is 0 Å². The number of ether oxygens (including phenoxy) is 2. The monoisotopic (exact) mass is 370 g/mol. The van der Waals surface area contributed by atoms with Crippen LogP contribution >= 0.6 is 0 Å². The molecular weight excluding hydrogens is 344 g/mol. The molecule has 0 bridgehead atoms. The summed E-state index contributed by atoms with van der Waals surface area (Å²) < 4.78 is 10.9. The van der Waals surface area contributed by atoms with E-state index in [2.05, 4.69) is 10.2 Å². The molecule has 6 nitrogen and oxygen atoms in total. The molecule has 2 N–H and O–H groups in total. The summed E-state index contributed by atoms with van der Waals surface area (Å²) in [4.78, 5) is 14.2. The molecule has 1 fully saturated rings. The molecule has 0 aliphatic carbocycles. The topological polar surface area (TPSA) is 71.0 Å². The van der Waals surface area contributed by atoms with E-state index in [1.807, 2.05) is 54.6 Å². The Kier molecular flexibility index (Phi) is 7.07. The van der Waals surface area contributed by atoms with E-state index >= 15 is 0 Å². The van der Waals surface area contributed by atoms with Gasteiger partial charge in [0.2, 0.25) is 5.91 Å². The number of carbonyl (C=O) groups is 1. The Bertz CT molecular complexity index is 700. The number of anilines is 1. The molecule has 0 radical (unpaired) electrons. The van der Waals surface area contributed by atoms with Crippen LogP contribution in [0, 0.1) is 0 Å². The molecule has 0 saturated carbocycles. The molecule has 1 unspecified atom stereocenters. The lowest BCUT2D eigenvalue weighted by Gasteiger charge is -2.29. The summed E-state index contributed by atoms with van der Waals surface area (Å²) in [5, 5.41) is 13.0. The van der Waals surface area contributed by atoms with Crippen molar-refractivity contribution in [2.45, 2.75) is 12.5 Å². The molecule has 2 aromatic rings. The fourth-order valence-electron chi connectivity index (χ4n) is 2.92. The molecule has 1 amide bonds. The number of hydrogen-bond acceptors (Lipinski definition) is 5. The summed E-state index contributed by atoms with van der Waals surface area (Å²) >= 11 is 0. The fourth-order valence-corrected chi connectivity index (χ4v) is 2.92. The van der Waals surface area contributed by atoms with E-state index in [9.17, 15) is 9.90 Å².